The fourth-order valence-corrected chi connectivity index (χ4v) is 2.68. The van der Waals surface area contributed by atoms with E-state index in [1.807, 2.05) is 6.92 Å². The van der Waals surface area contributed by atoms with Gasteiger partial charge in [0, 0.05) is 12.3 Å². The highest BCUT2D eigenvalue weighted by atomic mass is 19.4. The molecule has 0 radical (unpaired) electrons. The molecule has 9 heteroatoms. The van der Waals surface area contributed by atoms with E-state index in [1.54, 1.807) is 12.1 Å². The van der Waals surface area contributed by atoms with E-state index in [9.17, 15) is 22.8 Å². The Morgan fingerprint density at radius 3 is 2.24 bits per heavy atom. The Kier molecular flexibility index (Phi) is 6.05. The molecular weight excluding hydrogens is 387 g/mol. The van der Waals surface area contributed by atoms with Gasteiger partial charge in [-0.25, -0.2) is 4.98 Å². The van der Waals surface area contributed by atoms with E-state index < -0.39 is 6.36 Å². The molecule has 154 valence electrons. The van der Waals surface area contributed by atoms with E-state index in [0.717, 1.165) is 12.8 Å². The fourth-order valence-electron chi connectivity index (χ4n) is 2.68. The normalized spacial score (nSPS) is 13.7. The van der Waals surface area contributed by atoms with Crippen LogP contribution in [0.4, 0.5) is 24.8 Å². The number of pyridine rings is 1. The van der Waals surface area contributed by atoms with Crippen LogP contribution in [-0.2, 0) is 9.59 Å². The van der Waals surface area contributed by atoms with E-state index in [-0.39, 0.29) is 35.1 Å². The van der Waals surface area contributed by atoms with Crippen molar-refractivity contribution in [3.05, 3.63) is 36.4 Å². The number of carbonyl (C=O) groups excluding carboxylic acids is 2. The number of anilines is 2. The molecule has 0 bridgehead atoms. The Morgan fingerprint density at radius 2 is 1.69 bits per heavy atom. The molecule has 0 aliphatic heterocycles. The molecule has 2 N–H and O–H groups in total. The molecule has 1 aliphatic rings. The van der Waals surface area contributed by atoms with E-state index in [0.29, 0.717) is 24.0 Å². The second kappa shape index (κ2) is 8.50. The number of alkyl halides is 3. The minimum atomic E-state index is -4.77. The van der Waals surface area contributed by atoms with Crippen LogP contribution < -0.4 is 15.4 Å². The van der Waals surface area contributed by atoms with Gasteiger partial charge < -0.3 is 15.4 Å². The molecule has 0 unspecified atom stereocenters. The zero-order valence-electron chi connectivity index (χ0n) is 15.7. The Labute approximate surface area is 165 Å². The van der Waals surface area contributed by atoms with Crippen LogP contribution in [0.1, 0.15) is 32.6 Å². The minimum absolute atomic E-state index is 0.0302. The van der Waals surface area contributed by atoms with Crippen molar-refractivity contribution in [2.75, 3.05) is 10.6 Å². The summed E-state index contributed by atoms with van der Waals surface area (Å²) in [6.45, 7) is 1.87. The van der Waals surface area contributed by atoms with E-state index in [2.05, 4.69) is 20.4 Å². The molecule has 1 aliphatic carbocycles. The molecule has 0 saturated heterocycles. The van der Waals surface area contributed by atoms with Crippen molar-refractivity contribution in [2.45, 2.75) is 39.0 Å². The lowest BCUT2D eigenvalue weighted by Crippen LogP contribution is -2.17. The van der Waals surface area contributed by atoms with Crippen molar-refractivity contribution in [3.8, 4) is 16.9 Å². The van der Waals surface area contributed by atoms with Gasteiger partial charge in [0.1, 0.15) is 17.4 Å². The second-order valence-corrected chi connectivity index (χ2v) is 6.76. The first-order chi connectivity index (χ1) is 13.7. The van der Waals surface area contributed by atoms with Crippen LogP contribution in [0.3, 0.4) is 0 Å². The highest BCUT2D eigenvalue weighted by molar-refractivity contribution is 5.95. The van der Waals surface area contributed by atoms with E-state index in [4.69, 9.17) is 0 Å². The van der Waals surface area contributed by atoms with Crippen molar-refractivity contribution in [1.29, 1.82) is 0 Å². The summed E-state index contributed by atoms with van der Waals surface area (Å²) in [6, 6.07) is 8.51. The van der Waals surface area contributed by atoms with Gasteiger partial charge in [0.25, 0.3) is 0 Å². The Balaban J connectivity index is 1.86. The first-order valence-corrected chi connectivity index (χ1v) is 9.22. The molecule has 6 nitrogen and oxygen atoms in total. The number of hydrogen-bond donors (Lipinski definition) is 2. The van der Waals surface area contributed by atoms with E-state index in [1.165, 1.54) is 24.3 Å². The number of carbonyl (C=O) groups is 2. The lowest BCUT2D eigenvalue weighted by atomic mass is 10.1. The molecule has 1 saturated carbocycles. The standard InChI is InChI=1S/C20H20F3N3O3/c1-2-3-18(27)25-16-10-14(11-17(24-16)26-19(28)13-4-5-13)12-6-8-15(9-7-12)29-20(21,22)23/h6-11,13H,2-5H2,1H3,(H2,24,25,26,27,28). The summed E-state index contributed by atoms with van der Waals surface area (Å²) in [5.74, 6) is -0.212. The van der Waals surface area contributed by atoms with Gasteiger partial charge >= 0.3 is 6.36 Å². The predicted octanol–water partition coefficient (Wildman–Crippen LogP) is 4.73. The summed E-state index contributed by atoms with van der Waals surface area (Å²) >= 11 is 0. The summed E-state index contributed by atoms with van der Waals surface area (Å²) < 4.78 is 40.9. The summed E-state index contributed by atoms with van der Waals surface area (Å²) in [7, 11) is 0. The first kappa shape index (κ1) is 20.6. The fraction of sp³-hybridized carbons (Fsp3) is 0.350. The number of amides is 2. The molecule has 0 atom stereocenters. The van der Waals surface area contributed by atoms with Crippen molar-refractivity contribution in [1.82, 2.24) is 4.98 Å². The summed E-state index contributed by atoms with van der Waals surface area (Å²) in [5, 5.41) is 5.41. The average molecular weight is 407 g/mol. The van der Waals surface area contributed by atoms with Gasteiger partial charge in [-0.2, -0.15) is 0 Å². The van der Waals surface area contributed by atoms with Crippen LogP contribution in [-0.4, -0.2) is 23.2 Å². The molecule has 29 heavy (non-hydrogen) atoms. The number of nitrogens with zero attached hydrogens (tertiary/aromatic N) is 1. The van der Waals surface area contributed by atoms with Crippen LogP contribution in [0.15, 0.2) is 36.4 Å². The van der Waals surface area contributed by atoms with Crippen molar-refractivity contribution < 1.29 is 27.5 Å². The molecule has 1 aromatic heterocycles. The summed E-state index contributed by atoms with van der Waals surface area (Å²) in [5.41, 5.74) is 1.16. The molecule has 0 spiro atoms. The second-order valence-electron chi connectivity index (χ2n) is 6.76. The Hall–Kier alpha value is -3.10. The molecule has 2 amide bonds. The van der Waals surface area contributed by atoms with Gasteiger partial charge in [0.15, 0.2) is 0 Å². The number of hydrogen-bond acceptors (Lipinski definition) is 4. The van der Waals surface area contributed by atoms with E-state index >= 15 is 0 Å². The van der Waals surface area contributed by atoms with Crippen LogP contribution in [0.25, 0.3) is 11.1 Å². The van der Waals surface area contributed by atoms with Crippen molar-refractivity contribution in [2.24, 2.45) is 5.92 Å². The Morgan fingerprint density at radius 1 is 1.07 bits per heavy atom. The van der Waals surface area contributed by atoms with Crippen molar-refractivity contribution >= 4 is 23.5 Å². The van der Waals surface area contributed by atoms with Crippen LogP contribution in [0.5, 0.6) is 5.75 Å². The maximum absolute atomic E-state index is 12.3. The van der Waals surface area contributed by atoms with Gasteiger partial charge in [-0.3, -0.25) is 9.59 Å². The number of benzene rings is 1. The molecule has 3 rings (SSSR count). The quantitative estimate of drug-likeness (QED) is 0.695. The van der Waals surface area contributed by atoms with Gasteiger partial charge in [0.2, 0.25) is 11.8 Å². The van der Waals surface area contributed by atoms with Crippen LogP contribution in [0.2, 0.25) is 0 Å². The lowest BCUT2D eigenvalue weighted by molar-refractivity contribution is -0.274. The number of ether oxygens (including phenoxy) is 1. The molecule has 1 heterocycles. The smallest absolute Gasteiger partial charge is 0.406 e. The zero-order chi connectivity index (χ0) is 21.0. The largest absolute Gasteiger partial charge is 0.573 e. The maximum Gasteiger partial charge on any atom is 0.573 e. The van der Waals surface area contributed by atoms with Crippen molar-refractivity contribution in [3.63, 3.8) is 0 Å². The molecule has 1 fully saturated rings. The number of aromatic nitrogens is 1. The predicted molar refractivity (Wildman–Crippen MR) is 101 cm³/mol. The summed E-state index contributed by atoms with van der Waals surface area (Å²) in [6.07, 6.45) is -2.13. The van der Waals surface area contributed by atoms with Crippen LogP contribution >= 0.6 is 0 Å². The number of halogens is 3. The maximum atomic E-state index is 12.3. The van der Waals surface area contributed by atoms with Gasteiger partial charge in [-0.05, 0) is 54.7 Å². The van der Waals surface area contributed by atoms with Crippen LogP contribution in [0, 0.1) is 5.92 Å². The third-order valence-electron chi connectivity index (χ3n) is 4.19. The highest BCUT2D eigenvalue weighted by Crippen LogP contribution is 2.32. The SMILES string of the molecule is CCCC(=O)Nc1cc(-c2ccc(OC(F)(F)F)cc2)cc(NC(=O)C2CC2)n1. The first-order valence-electron chi connectivity index (χ1n) is 9.22. The lowest BCUT2D eigenvalue weighted by Gasteiger charge is -2.12. The zero-order valence-corrected chi connectivity index (χ0v) is 15.7. The number of nitrogens with one attached hydrogen (secondary N) is 2. The summed E-state index contributed by atoms with van der Waals surface area (Å²) in [4.78, 5) is 28.3. The topological polar surface area (TPSA) is 80.3 Å². The minimum Gasteiger partial charge on any atom is -0.406 e. The molecule has 2 aromatic rings. The third kappa shape index (κ3) is 6.20. The molecular formula is C20H20F3N3O3. The van der Waals surface area contributed by atoms with Gasteiger partial charge in [-0.1, -0.05) is 19.1 Å². The van der Waals surface area contributed by atoms with Gasteiger partial charge in [-0.15, -0.1) is 13.2 Å². The average Bonchev–Trinajstić information content (AvgIpc) is 3.46. The molecule has 1 aromatic carbocycles. The third-order valence-corrected chi connectivity index (χ3v) is 4.19. The number of rotatable bonds is 7. The monoisotopic (exact) mass is 407 g/mol. The van der Waals surface area contributed by atoms with Gasteiger partial charge in [0.05, 0.1) is 0 Å². The highest BCUT2D eigenvalue weighted by Gasteiger charge is 2.31. The Bertz CT molecular complexity index is 894.